The van der Waals surface area contributed by atoms with E-state index in [0.717, 1.165) is 5.56 Å². The molecule has 0 saturated carbocycles. The Hall–Kier alpha value is -3.75. The molecule has 0 aliphatic carbocycles. The Bertz CT molecular complexity index is 957. The molecule has 1 N–H and O–H groups in total. The second kappa shape index (κ2) is 8.30. The van der Waals surface area contributed by atoms with Gasteiger partial charge in [0.2, 0.25) is 11.6 Å². The molecular formula is C19H19N3O6. The van der Waals surface area contributed by atoms with Gasteiger partial charge < -0.3 is 28.7 Å². The van der Waals surface area contributed by atoms with Crippen LogP contribution in [0.1, 0.15) is 11.5 Å². The van der Waals surface area contributed by atoms with Crippen LogP contribution < -0.4 is 18.9 Å². The van der Waals surface area contributed by atoms with Gasteiger partial charge in [0.25, 0.3) is 5.89 Å². The van der Waals surface area contributed by atoms with Crippen molar-refractivity contribution >= 4 is 5.71 Å². The molecule has 0 amide bonds. The second-order valence-electron chi connectivity index (χ2n) is 5.51. The minimum Gasteiger partial charge on any atom is -0.497 e. The van der Waals surface area contributed by atoms with E-state index in [4.69, 9.17) is 23.5 Å². The Morgan fingerprint density at radius 2 is 1.57 bits per heavy atom. The van der Waals surface area contributed by atoms with E-state index < -0.39 is 0 Å². The standard InChI is InChI=1S/C19H19N3O6/c1-24-13-7-5-11(6-8-13)18-20-19(28-22-18)16(21-23)12-9-14(25-2)17(27-4)15(10-12)26-3/h5-10,23H,1-4H3/b21-16-. The van der Waals surface area contributed by atoms with Crippen LogP contribution in [-0.2, 0) is 0 Å². The highest BCUT2D eigenvalue weighted by atomic mass is 16.5. The maximum atomic E-state index is 9.57. The number of hydrogen-bond donors (Lipinski definition) is 1. The summed E-state index contributed by atoms with van der Waals surface area (Å²) in [4.78, 5) is 4.31. The van der Waals surface area contributed by atoms with E-state index in [1.165, 1.54) is 21.3 Å². The van der Waals surface area contributed by atoms with Crippen molar-refractivity contribution in [3.63, 3.8) is 0 Å². The third kappa shape index (κ3) is 3.54. The minimum absolute atomic E-state index is 0.0302. The highest BCUT2D eigenvalue weighted by molar-refractivity contribution is 6.10. The molecule has 0 bridgehead atoms. The Balaban J connectivity index is 2.00. The van der Waals surface area contributed by atoms with E-state index >= 15 is 0 Å². The largest absolute Gasteiger partial charge is 0.497 e. The van der Waals surface area contributed by atoms with Crippen LogP contribution in [0.4, 0.5) is 0 Å². The molecule has 0 aliphatic heterocycles. The molecule has 0 atom stereocenters. The number of ether oxygens (including phenoxy) is 4. The summed E-state index contributed by atoms with van der Waals surface area (Å²) in [6.07, 6.45) is 0. The molecule has 3 rings (SSSR count). The Morgan fingerprint density at radius 3 is 2.07 bits per heavy atom. The van der Waals surface area contributed by atoms with Crippen molar-refractivity contribution in [2.24, 2.45) is 5.16 Å². The zero-order chi connectivity index (χ0) is 20.1. The third-order valence-corrected chi connectivity index (χ3v) is 4.01. The molecule has 0 radical (unpaired) electrons. The normalized spacial score (nSPS) is 11.2. The molecule has 0 aliphatic rings. The van der Waals surface area contributed by atoms with Gasteiger partial charge in [0, 0.05) is 11.1 Å². The Morgan fingerprint density at radius 1 is 0.929 bits per heavy atom. The minimum atomic E-state index is 0.0302. The van der Waals surface area contributed by atoms with E-state index in [-0.39, 0.29) is 11.6 Å². The zero-order valence-corrected chi connectivity index (χ0v) is 15.8. The lowest BCUT2D eigenvalue weighted by Crippen LogP contribution is -2.06. The van der Waals surface area contributed by atoms with E-state index in [1.54, 1.807) is 43.5 Å². The lowest BCUT2D eigenvalue weighted by molar-refractivity contribution is 0.315. The predicted molar refractivity (Wildman–Crippen MR) is 99.8 cm³/mol. The molecule has 1 heterocycles. The van der Waals surface area contributed by atoms with Crippen LogP contribution in [0.25, 0.3) is 11.4 Å². The van der Waals surface area contributed by atoms with Gasteiger partial charge in [-0.2, -0.15) is 4.98 Å². The SMILES string of the molecule is COc1ccc(-c2noc(/C(=N\O)c3cc(OC)c(OC)c(OC)c3)n2)cc1. The zero-order valence-electron chi connectivity index (χ0n) is 15.8. The summed E-state index contributed by atoms with van der Waals surface area (Å²) in [6, 6.07) is 10.4. The molecule has 0 unspecified atom stereocenters. The fraction of sp³-hybridized carbons (Fsp3) is 0.211. The van der Waals surface area contributed by atoms with Gasteiger partial charge in [-0.05, 0) is 36.4 Å². The van der Waals surface area contributed by atoms with E-state index in [2.05, 4.69) is 15.3 Å². The molecule has 146 valence electrons. The second-order valence-corrected chi connectivity index (χ2v) is 5.51. The molecular weight excluding hydrogens is 366 g/mol. The lowest BCUT2D eigenvalue weighted by atomic mass is 10.1. The van der Waals surface area contributed by atoms with Crippen LogP contribution >= 0.6 is 0 Å². The maximum Gasteiger partial charge on any atom is 0.280 e. The van der Waals surface area contributed by atoms with Crippen molar-refractivity contribution in [2.75, 3.05) is 28.4 Å². The number of oxime groups is 1. The van der Waals surface area contributed by atoms with Crippen LogP contribution in [0.2, 0.25) is 0 Å². The average molecular weight is 385 g/mol. The quantitative estimate of drug-likeness (QED) is 0.376. The monoisotopic (exact) mass is 385 g/mol. The molecule has 2 aromatic carbocycles. The molecule has 3 aromatic rings. The number of nitrogens with zero attached hydrogens (tertiary/aromatic N) is 3. The van der Waals surface area contributed by atoms with Crippen molar-refractivity contribution < 1.29 is 28.7 Å². The first-order valence-corrected chi connectivity index (χ1v) is 8.16. The van der Waals surface area contributed by atoms with Crippen molar-refractivity contribution in [2.45, 2.75) is 0 Å². The molecule has 9 nitrogen and oxygen atoms in total. The van der Waals surface area contributed by atoms with Gasteiger partial charge in [0.15, 0.2) is 17.2 Å². The Labute approximate surface area is 161 Å². The number of hydrogen-bond acceptors (Lipinski definition) is 9. The average Bonchev–Trinajstić information content (AvgIpc) is 3.23. The first-order chi connectivity index (χ1) is 13.6. The van der Waals surface area contributed by atoms with Gasteiger partial charge >= 0.3 is 0 Å². The summed E-state index contributed by atoms with van der Waals surface area (Å²) >= 11 is 0. The van der Waals surface area contributed by atoms with Gasteiger partial charge in [0.1, 0.15) is 5.75 Å². The fourth-order valence-electron chi connectivity index (χ4n) is 2.62. The van der Waals surface area contributed by atoms with Crippen LogP contribution in [0.15, 0.2) is 46.1 Å². The van der Waals surface area contributed by atoms with Crippen LogP contribution in [0.3, 0.4) is 0 Å². The first-order valence-electron chi connectivity index (χ1n) is 8.16. The molecule has 0 spiro atoms. The smallest absolute Gasteiger partial charge is 0.280 e. The number of rotatable bonds is 7. The van der Waals surface area contributed by atoms with E-state index in [1.807, 2.05) is 0 Å². The highest BCUT2D eigenvalue weighted by Gasteiger charge is 2.22. The van der Waals surface area contributed by atoms with Crippen molar-refractivity contribution in [1.82, 2.24) is 10.1 Å². The summed E-state index contributed by atoms with van der Waals surface area (Å²) < 4.78 is 26.4. The molecule has 0 fully saturated rings. The molecule has 0 saturated heterocycles. The van der Waals surface area contributed by atoms with Crippen molar-refractivity contribution in [1.29, 1.82) is 0 Å². The van der Waals surface area contributed by atoms with Crippen molar-refractivity contribution in [3.05, 3.63) is 47.9 Å². The summed E-state index contributed by atoms with van der Waals surface area (Å²) in [7, 11) is 6.07. The molecule has 28 heavy (non-hydrogen) atoms. The fourth-order valence-corrected chi connectivity index (χ4v) is 2.62. The van der Waals surface area contributed by atoms with E-state index in [9.17, 15) is 5.21 Å². The molecule has 1 aromatic heterocycles. The van der Waals surface area contributed by atoms with Crippen LogP contribution in [0, 0.1) is 0 Å². The van der Waals surface area contributed by atoms with Gasteiger partial charge in [-0.15, -0.1) is 0 Å². The van der Waals surface area contributed by atoms with Gasteiger partial charge in [-0.3, -0.25) is 0 Å². The molecule has 9 heteroatoms. The van der Waals surface area contributed by atoms with Gasteiger partial charge in [0.05, 0.1) is 28.4 Å². The van der Waals surface area contributed by atoms with Crippen molar-refractivity contribution in [3.8, 4) is 34.4 Å². The Kier molecular flexibility index (Phi) is 5.64. The predicted octanol–water partition coefficient (Wildman–Crippen LogP) is 3.00. The van der Waals surface area contributed by atoms with Crippen LogP contribution in [-0.4, -0.2) is 49.5 Å². The summed E-state index contributed by atoms with van der Waals surface area (Å²) in [5.74, 6) is 2.28. The topological polar surface area (TPSA) is 108 Å². The van der Waals surface area contributed by atoms with Gasteiger partial charge in [-0.1, -0.05) is 10.3 Å². The lowest BCUT2D eigenvalue weighted by Gasteiger charge is -2.13. The third-order valence-electron chi connectivity index (χ3n) is 4.01. The van der Waals surface area contributed by atoms with Gasteiger partial charge in [-0.25, -0.2) is 0 Å². The summed E-state index contributed by atoms with van der Waals surface area (Å²) in [5, 5.41) is 16.8. The number of aromatic nitrogens is 2. The summed E-state index contributed by atoms with van der Waals surface area (Å²) in [6.45, 7) is 0. The number of methoxy groups -OCH3 is 4. The number of benzene rings is 2. The highest BCUT2D eigenvalue weighted by Crippen LogP contribution is 2.38. The first kappa shape index (κ1) is 19.0. The summed E-state index contributed by atoms with van der Waals surface area (Å²) in [5.41, 5.74) is 1.23. The van der Waals surface area contributed by atoms with E-state index in [0.29, 0.717) is 34.4 Å². The maximum absolute atomic E-state index is 9.57. The van der Waals surface area contributed by atoms with Crippen LogP contribution in [0.5, 0.6) is 23.0 Å².